The van der Waals surface area contributed by atoms with Gasteiger partial charge in [0, 0.05) is 12.4 Å². The summed E-state index contributed by atoms with van der Waals surface area (Å²) < 4.78 is 1.87. The first-order valence-corrected chi connectivity index (χ1v) is 7.53. The maximum absolute atomic E-state index is 4.61. The summed E-state index contributed by atoms with van der Waals surface area (Å²) in [5.41, 5.74) is 5.21. The Morgan fingerprint density at radius 3 is 2.04 bits per heavy atom. The van der Waals surface area contributed by atoms with Gasteiger partial charge in [-0.05, 0) is 41.5 Å². The second kappa shape index (κ2) is 7.11. The highest BCUT2D eigenvalue weighted by Crippen LogP contribution is 2.21. The Morgan fingerprint density at radius 2 is 1.33 bits per heavy atom. The van der Waals surface area contributed by atoms with Crippen molar-refractivity contribution >= 4 is 12.4 Å². The van der Waals surface area contributed by atoms with Crippen molar-refractivity contribution in [2.24, 2.45) is 0 Å². The molecule has 2 aromatic heterocycles. The van der Waals surface area contributed by atoms with Crippen LogP contribution < -0.4 is 0 Å². The van der Waals surface area contributed by atoms with E-state index in [1.165, 1.54) is 11.1 Å². The lowest BCUT2D eigenvalue weighted by Gasteiger charge is -2.04. The maximum atomic E-state index is 4.61. The van der Waals surface area contributed by atoms with Crippen molar-refractivity contribution in [1.82, 2.24) is 14.8 Å². The Hall–Kier alpha value is -2.91. The molecule has 0 spiro atoms. The molecule has 0 saturated heterocycles. The average Bonchev–Trinajstić information content (AvgIpc) is 3.14. The molecule has 0 aliphatic carbocycles. The average molecular weight is 334 g/mol. The van der Waals surface area contributed by atoms with Gasteiger partial charge >= 0.3 is 0 Å². The Bertz CT molecular complexity index is 901. The van der Waals surface area contributed by atoms with Crippen LogP contribution in [0, 0.1) is 0 Å². The van der Waals surface area contributed by atoms with Gasteiger partial charge in [0.1, 0.15) is 5.69 Å². The summed E-state index contributed by atoms with van der Waals surface area (Å²) in [5.74, 6) is 0. The number of hydrogen-bond acceptors (Lipinski definition) is 2. The van der Waals surface area contributed by atoms with Gasteiger partial charge in [-0.15, -0.1) is 12.4 Å². The fourth-order valence-corrected chi connectivity index (χ4v) is 2.56. The number of rotatable bonds is 3. The van der Waals surface area contributed by atoms with Crippen LogP contribution in [-0.4, -0.2) is 14.8 Å². The molecule has 2 aromatic carbocycles. The van der Waals surface area contributed by atoms with Crippen LogP contribution in [0.4, 0.5) is 0 Å². The van der Waals surface area contributed by atoms with Gasteiger partial charge in [-0.3, -0.25) is 4.98 Å². The summed E-state index contributed by atoms with van der Waals surface area (Å²) in [7, 11) is 0. The molecule has 4 rings (SSSR count). The van der Waals surface area contributed by atoms with Crippen molar-refractivity contribution in [1.29, 1.82) is 0 Å². The minimum Gasteiger partial charge on any atom is -0.255 e. The molecule has 0 aliphatic rings. The molecule has 0 aliphatic heterocycles. The fraction of sp³-hybridized carbons (Fsp3) is 0. The van der Waals surface area contributed by atoms with Crippen LogP contribution in [-0.2, 0) is 0 Å². The van der Waals surface area contributed by atoms with E-state index in [0.717, 1.165) is 17.1 Å². The van der Waals surface area contributed by atoms with Crippen LogP contribution >= 0.6 is 12.4 Å². The first-order chi connectivity index (χ1) is 11.4. The fourth-order valence-electron chi connectivity index (χ4n) is 2.56. The maximum Gasteiger partial charge on any atom is 0.111 e. The minimum absolute atomic E-state index is 0. The van der Waals surface area contributed by atoms with E-state index in [1.54, 1.807) is 6.20 Å². The zero-order valence-corrected chi connectivity index (χ0v) is 13.7. The summed E-state index contributed by atoms with van der Waals surface area (Å²) in [6.07, 6.45) is 3.74. The van der Waals surface area contributed by atoms with Crippen LogP contribution in [0.3, 0.4) is 0 Å². The molecule has 4 heteroatoms. The molecule has 2 heterocycles. The van der Waals surface area contributed by atoms with Crippen molar-refractivity contribution in [3.8, 4) is 28.2 Å². The number of pyridine rings is 1. The van der Waals surface area contributed by atoms with Crippen LogP contribution in [0.1, 0.15) is 0 Å². The third kappa shape index (κ3) is 3.21. The number of halogens is 1. The molecule has 0 atom stereocenters. The molecule has 0 amide bonds. The Balaban J connectivity index is 0.00000169. The van der Waals surface area contributed by atoms with E-state index in [0.29, 0.717) is 0 Å². The molecule has 0 saturated carbocycles. The molecule has 0 fully saturated rings. The van der Waals surface area contributed by atoms with Crippen molar-refractivity contribution in [2.45, 2.75) is 0 Å². The van der Waals surface area contributed by atoms with Crippen molar-refractivity contribution in [2.75, 3.05) is 0 Å². The van der Waals surface area contributed by atoms with Crippen molar-refractivity contribution in [3.05, 3.63) is 91.3 Å². The van der Waals surface area contributed by atoms with E-state index >= 15 is 0 Å². The molecular weight excluding hydrogens is 318 g/mol. The third-order valence-electron chi connectivity index (χ3n) is 3.76. The van der Waals surface area contributed by atoms with Gasteiger partial charge in [0.25, 0.3) is 0 Å². The molecule has 4 aromatic rings. The normalized spacial score (nSPS) is 10.2. The smallest absolute Gasteiger partial charge is 0.111 e. The van der Waals surface area contributed by atoms with Crippen molar-refractivity contribution < 1.29 is 0 Å². The van der Waals surface area contributed by atoms with Crippen molar-refractivity contribution in [3.63, 3.8) is 0 Å². The number of aromatic nitrogens is 3. The standard InChI is InChI=1S/C20H15N3.ClH/c1-2-6-16(7-3-1)17-9-11-18(12-10-17)23-15-13-20(22-23)19-8-4-5-14-21-19;/h1-15H;1H. The van der Waals surface area contributed by atoms with Gasteiger partial charge in [-0.25, -0.2) is 4.68 Å². The molecular formula is C20H16ClN3. The van der Waals surface area contributed by atoms with Gasteiger partial charge in [0.2, 0.25) is 0 Å². The topological polar surface area (TPSA) is 30.7 Å². The molecule has 0 bridgehead atoms. The monoisotopic (exact) mass is 333 g/mol. The molecule has 0 N–H and O–H groups in total. The zero-order chi connectivity index (χ0) is 15.5. The summed E-state index contributed by atoms with van der Waals surface area (Å²) >= 11 is 0. The highest BCUT2D eigenvalue weighted by molar-refractivity contribution is 5.85. The van der Waals surface area contributed by atoms with Gasteiger partial charge in [0.05, 0.1) is 11.4 Å². The van der Waals surface area contributed by atoms with Gasteiger partial charge in [-0.1, -0.05) is 48.5 Å². The number of hydrogen-bond donors (Lipinski definition) is 0. The first-order valence-electron chi connectivity index (χ1n) is 7.53. The molecule has 0 radical (unpaired) electrons. The SMILES string of the molecule is Cl.c1ccc(-c2ccc(-n3ccc(-c4ccccn4)n3)cc2)cc1. The summed E-state index contributed by atoms with van der Waals surface area (Å²) in [4.78, 5) is 4.33. The minimum atomic E-state index is 0. The van der Waals surface area contributed by atoms with Gasteiger partial charge in [0.15, 0.2) is 0 Å². The Morgan fingerprint density at radius 1 is 0.625 bits per heavy atom. The molecule has 24 heavy (non-hydrogen) atoms. The lowest BCUT2D eigenvalue weighted by atomic mass is 10.1. The van der Waals surface area contributed by atoms with E-state index in [2.05, 4.69) is 58.6 Å². The molecule has 0 unspecified atom stereocenters. The summed E-state index contributed by atoms with van der Waals surface area (Å²) in [6, 6.07) is 26.6. The molecule has 118 valence electrons. The van der Waals surface area contributed by atoms with Crippen LogP contribution in [0.15, 0.2) is 91.3 Å². The quantitative estimate of drug-likeness (QED) is 0.527. The van der Waals surface area contributed by atoms with Gasteiger partial charge in [-0.2, -0.15) is 5.10 Å². The lowest BCUT2D eigenvalue weighted by Crippen LogP contribution is -1.95. The van der Waals surface area contributed by atoms with Crippen LogP contribution in [0.25, 0.3) is 28.2 Å². The number of nitrogens with zero attached hydrogens (tertiary/aromatic N) is 3. The highest BCUT2D eigenvalue weighted by Gasteiger charge is 2.05. The van der Waals surface area contributed by atoms with E-state index in [4.69, 9.17) is 0 Å². The van der Waals surface area contributed by atoms with Gasteiger partial charge < -0.3 is 0 Å². The van der Waals surface area contributed by atoms with E-state index in [9.17, 15) is 0 Å². The summed E-state index contributed by atoms with van der Waals surface area (Å²) in [5, 5.41) is 4.61. The second-order valence-electron chi connectivity index (χ2n) is 5.27. The Kier molecular flexibility index (Phi) is 4.73. The largest absolute Gasteiger partial charge is 0.255 e. The predicted octanol–water partition coefficient (Wildman–Crippen LogP) is 5.02. The van der Waals surface area contributed by atoms with E-state index in [-0.39, 0.29) is 12.4 Å². The lowest BCUT2D eigenvalue weighted by molar-refractivity contribution is 0.882. The third-order valence-corrected chi connectivity index (χ3v) is 3.76. The zero-order valence-electron chi connectivity index (χ0n) is 12.9. The Labute approximate surface area is 147 Å². The summed E-state index contributed by atoms with van der Waals surface area (Å²) in [6.45, 7) is 0. The first kappa shape index (κ1) is 16.0. The number of benzene rings is 2. The van der Waals surface area contributed by atoms with E-state index < -0.39 is 0 Å². The second-order valence-corrected chi connectivity index (χ2v) is 5.27. The highest BCUT2D eigenvalue weighted by atomic mass is 35.5. The van der Waals surface area contributed by atoms with E-state index in [1.807, 2.05) is 41.2 Å². The van der Waals surface area contributed by atoms with Crippen LogP contribution in [0.5, 0.6) is 0 Å². The van der Waals surface area contributed by atoms with Crippen LogP contribution in [0.2, 0.25) is 0 Å². The molecule has 3 nitrogen and oxygen atoms in total. The predicted molar refractivity (Wildman–Crippen MR) is 99.5 cm³/mol.